The van der Waals surface area contributed by atoms with E-state index in [0.717, 1.165) is 4.47 Å². The molecule has 5 heteroatoms. The summed E-state index contributed by atoms with van der Waals surface area (Å²) in [5.74, 6) is 0.0545. The topological polar surface area (TPSA) is 49.4 Å². The molecule has 1 rings (SSSR count). The number of halogens is 1. The minimum absolute atomic E-state index is 0.0782. The number of hydrogen-bond donors (Lipinski definition) is 1. The number of nitrogens with zero attached hydrogens (tertiary/aromatic N) is 1. The molecule has 0 saturated carbocycles. The van der Waals surface area contributed by atoms with Gasteiger partial charge in [0.05, 0.1) is 12.2 Å². The third-order valence-corrected chi connectivity index (χ3v) is 3.20. The van der Waals surface area contributed by atoms with Crippen LogP contribution in [0.5, 0.6) is 0 Å². The fraction of sp³-hybridized carbons (Fsp3) is 0.429. The van der Waals surface area contributed by atoms with Gasteiger partial charge in [-0.05, 0) is 34.0 Å². The molecule has 1 aromatic rings. The SMILES string of the molecule is CC(=O)N(CC(=O)Nc1ccccc1Br)CC(C)C. The number of benzene rings is 1. The summed E-state index contributed by atoms with van der Waals surface area (Å²) >= 11 is 3.36. The minimum atomic E-state index is -0.192. The molecule has 104 valence electrons. The van der Waals surface area contributed by atoms with Crippen LogP contribution in [0.2, 0.25) is 0 Å². The Morgan fingerprint density at radius 1 is 1.32 bits per heavy atom. The van der Waals surface area contributed by atoms with Crippen LogP contribution in [-0.2, 0) is 9.59 Å². The van der Waals surface area contributed by atoms with E-state index < -0.39 is 0 Å². The van der Waals surface area contributed by atoms with Crippen molar-refractivity contribution in [1.82, 2.24) is 4.90 Å². The molecule has 0 aliphatic rings. The van der Waals surface area contributed by atoms with Crippen LogP contribution in [0.25, 0.3) is 0 Å². The second-order valence-corrected chi connectivity index (χ2v) is 5.68. The second kappa shape index (κ2) is 7.28. The summed E-state index contributed by atoms with van der Waals surface area (Å²) in [4.78, 5) is 25.0. The average Bonchev–Trinajstić information content (AvgIpc) is 2.30. The number of anilines is 1. The fourth-order valence-corrected chi connectivity index (χ4v) is 2.05. The maximum absolute atomic E-state index is 11.9. The van der Waals surface area contributed by atoms with E-state index in [4.69, 9.17) is 0 Å². The molecule has 0 fully saturated rings. The number of para-hydroxylation sites is 1. The van der Waals surface area contributed by atoms with Crippen molar-refractivity contribution in [1.29, 1.82) is 0 Å². The van der Waals surface area contributed by atoms with Gasteiger partial charge in [-0.2, -0.15) is 0 Å². The first-order chi connectivity index (χ1) is 8.90. The summed E-state index contributed by atoms with van der Waals surface area (Å²) in [6.07, 6.45) is 0. The molecule has 0 radical (unpaired) electrons. The fourth-order valence-electron chi connectivity index (χ4n) is 1.67. The highest BCUT2D eigenvalue weighted by molar-refractivity contribution is 9.10. The van der Waals surface area contributed by atoms with Crippen molar-refractivity contribution in [3.8, 4) is 0 Å². The standard InChI is InChI=1S/C14H19BrN2O2/c1-10(2)8-17(11(3)18)9-14(19)16-13-7-5-4-6-12(13)15/h4-7,10H,8-9H2,1-3H3,(H,16,19). The normalized spacial score (nSPS) is 10.4. The molecule has 1 aromatic carbocycles. The third kappa shape index (κ3) is 5.42. The van der Waals surface area contributed by atoms with Gasteiger partial charge in [-0.3, -0.25) is 9.59 Å². The van der Waals surface area contributed by atoms with Gasteiger partial charge in [-0.25, -0.2) is 0 Å². The summed E-state index contributed by atoms with van der Waals surface area (Å²) in [7, 11) is 0. The Bertz CT molecular complexity index is 461. The summed E-state index contributed by atoms with van der Waals surface area (Å²) in [6, 6.07) is 7.38. The van der Waals surface area contributed by atoms with Crippen molar-refractivity contribution in [2.24, 2.45) is 5.92 Å². The van der Waals surface area contributed by atoms with E-state index in [1.54, 1.807) is 4.90 Å². The molecular formula is C14H19BrN2O2. The Hall–Kier alpha value is -1.36. The molecular weight excluding hydrogens is 308 g/mol. The molecule has 0 atom stereocenters. The molecule has 19 heavy (non-hydrogen) atoms. The van der Waals surface area contributed by atoms with Crippen molar-refractivity contribution in [2.45, 2.75) is 20.8 Å². The van der Waals surface area contributed by atoms with Gasteiger partial charge in [0.15, 0.2) is 0 Å². The highest BCUT2D eigenvalue weighted by atomic mass is 79.9. The lowest BCUT2D eigenvalue weighted by atomic mass is 10.2. The summed E-state index contributed by atoms with van der Waals surface area (Å²) in [6.45, 7) is 6.17. The lowest BCUT2D eigenvalue weighted by Crippen LogP contribution is -2.38. The van der Waals surface area contributed by atoms with E-state index in [9.17, 15) is 9.59 Å². The Morgan fingerprint density at radius 2 is 1.95 bits per heavy atom. The highest BCUT2D eigenvalue weighted by Gasteiger charge is 2.15. The van der Waals surface area contributed by atoms with Gasteiger partial charge in [0.25, 0.3) is 0 Å². The molecule has 0 bridgehead atoms. The van der Waals surface area contributed by atoms with Gasteiger partial charge in [-0.15, -0.1) is 0 Å². The summed E-state index contributed by atoms with van der Waals surface area (Å²) < 4.78 is 0.821. The first kappa shape index (κ1) is 15.7. The molecule has 1 N–H and O–H groups in total. The minimum Gasteiger partial charge on any atom is -0.333 e. The third-order valence-electron chi connectivity index (χ3n) is 2.51. The number of carbonyl (C=O) groups is 2. The average molecular weight is 327 g/mol. The van der Waals surface area contributed by atoms with Gasteiger partial charge >= 0.3 is 0 Å². The molecule has 0 spiro atoms. The van der Waals surface area contributed by atoms with E-state index in [0.29, 0.717) is 18.2 Å². The first-order valence-electron chi connectivity index (χ1n) is 6.20. The number of nitrogens with one attached hydrogen (secondary N) is 1. The number of hydrogen-bond acceptors (Lipinski definition) is 2. The van der Waals surface area contributed by atoms with Crippen molar-refractivity contribution in [3.63, 3.8) is 0 Å². The van der Waals surface area contributed by atoms with Gasteiger partial charge < -0.3 is 10.2 Å². The Balaban J connectivity index is 2.63. The molecule has 0 unspecified atom stereocenters. The van der Waals surface area contributed by atoms with E-state index >= 15 is 0 Å². The number of rotatable bonds is 5. The van der Waals surface area contributed by atoms with Crippen molar-refractivity contribution < 1.29 is 9.59 Å². The Morgan fingerprint density at radius 3 is 2.47 bits per heavy atom. The van der Waals surface area contributed by atoms with E-state index in [1.807, 2.05) is 38.1 Å². The molecule has 0 aromatic heterocycles. The van der Waals surface area contributed by atoms with Crippen LogP contribution in [-0.4, -0.2) is 29.8 Å². The van der Waals surface area contributed by atoms with Gasteiger partial charge in [-0.1, -0.05) is 26.0 Å². The van der Waals surface area contributed by atoms with Crippen LogP contribution in [0.3, 0.4) is 0 Å². The lowest BCUT2D eigenvalue weighted by molar-refractivity contribution is -0.133. The van der Waals surface area contributed by atoms with Crippen molar-refractivity contribution >= 4 is 33.4 Å². The van der Waals surface area contributed by atoms with Crippen molar-refractivity contribution in [3.05, 3.63) is 28.7 Å². The summed E-state index contributed by atoms with van der Waals surface area (Å²) in [5, 5.41) is 2.79. The Labute approximate surface area is 122 Å². The summed E-state index contributed by atoms with van der Waals surface area (Å²) in [5.41, 5.74) is 0.709. The van der Waals surface area contributed by atoms with Crippen LogP contribution in [0.15, 0.2) is 28.7 Å². The maximum Gasteiger partial charge on any atom is 0.244 e. The number of carbonyl (C=O) groups excluding carboxylic acids is 2. The van der Waals surface area contributed by atoms with Gasteiger partial charge in [0.1, 0.15) is 0 Å². The molecule has 0 saturated heterocycles. The first-order valence-corrected chi connectivity index (χ1v) is 6.99. The zero-order valence-electron chi connectivity index (χ0n) is 11.4. The highest BCUT2D eigenvalue weighted by Crippen LogP contribution is 2.21. The molecule has 4 nitrogen and oxygen atoms in total. The maximum atomic E-state index is 11.9. The van der Waals surface area contributed by atoms with Crippen LogP contribution < -0.4 is 5.32 Å². The van der Waals surface area contributed by atoms with Crippen molar-refractivity contribution in [2.75, 3.05) is 18.4 Å². The number of amides is 2. The largest absolute Gasteiger partial charge is 0.333 e. The Kier molecular flexibility index (Phi) is 6.02. The molecule has 0 aliphatic carbocycles. The zero-order chi connectivity index (χ0) is 14.4. The molecule has 0 aliphatic heterocycles. The van der Waals surface area contributed by atoms with Gasteiger partial charge in [0, 0.05) is 17.9 Å². The van der Waals surface area contributed by atoms with E-state index in [2.05, 4.69) is 21.2 Å². The van der Waals surface area contributed by atoms with Gasteiger partial charge in [0.2, 0.25) is 11.8 Å². The predicted molar refractivity (Wildman–Crippen MR) is 79.9 cm³/mol. The van der Waals surface area contributed by atoms with Crippen LogP contribution in [0.1, 0.15) is 20.8 Å². The van der Waals surface area contributed by atoms with E-state index in [-0.39, 0.29) is 18.4 Å². The monoisotopic (exact) mass is 326 g/mol. The van der Waals surface area contributed by atoms with E-state index in [1.165, 1.54) is 6.92 Å². The quantitative estimate of drug-likeness (QED) is 0.904. The van der Waals surface area contributed by atoms with Crippen LogP contribution in [0, 0.1) is 5.92 Å². The van der Waals surface area contributed by atoms with Crippen LogP contribution in [0.4, 0.5) is 5.69 Å². The zero-order valence-corrected chi connectivity index (χ0v) is 13.0. The predicted octanol–water partition coefficient (Wildman–Crippen LogP) is 2.89. The lowest BCUT2D eigenvalue weighted by Gasteiger charge is -2.22. The van der Waals surface area contributed by atoms with Crippen LogP contribution >= 0.6 is 15.9 Å². The molecule has 0 heterocycles. The molecule has 2 amide bonds. The second-order valence-electron chi connectivity index (χ2n) is 4.82. The smallest absolute Gasteiger partial charge is 0.244 e.